The molecule has 4 amide bonds. The molecule has 2 heterocycles. The SMILES string of the molecule is CC.CC.CC.CC.CC.CC.CC.CC.CC.CC.CC.CC.CCN1C(=O)N(C)C2(C)N(C)C(=O)N(CC)C12C. The van der Waals surface area contributed by atoms with E-state index in [-0.39, 0.29) is 12.1 Å². The monoisotopic (exact) mass is 615 g/mol. The van der Waals surface area contributed by atoms with Crippen LogP contribution in [0.5, 0.6) is 0 Å². The molecule has 2 rings (SSSR count). The Morgan fingerprint density at radius 2 is 0.524 bits per heavy atom. The van der Waals surface area contributed by atoms with E-state index < -0.39 is 11.3 Å². The van der Waals surface area contributed by atoms with Gasteiger partial charge in [0.05, 0.1) is 0 Å². The van der Waals surface area contributed by atoms with Crippen molar-refractivity contribution in [2.24, 2.45) is 0 Å². The van der Waals surface area contributed by atoms with Gasteiger partial charge in [0, 0.05) is 27.2 Å². The molecule has 0 saturated carbocycles. The van der Waals surface area contributed by atoms with Crippen LogP contribution >= 0.6 is 0 Å². The fourth-order valence-electron chi connectivity index (χ4n) is 3.51. The maximum Gasteiger partial charge on any atom is 0.323 e. The normalized spacial score (nSPS) is 17.1. The zero-order chi connectivity index (χ0) is 37.9. The molecule has 0 aromatic heterocycles. The zero-order valence-corrected chi connectivity index (χ0v) is 36.0. The Balaban J connectivity index is -0.0000000376. The Bertz CT molecular complexity index is 387. The first-order chi connectivity index (χ1) is 20.3. The van der Waals surface area contributed by atoms with Crippen molar-refractivity contribution in [2.75, 3.05) is 27.2 Å². The Morgan fingerprint density at radius 1 is 0.381 bits per heavy atom. The molecule has 2 aliphatic heterocycles. The number of amides is 4. The molecular formula is C36H94N4O2. The lowest BCUT2D eigenvalue weighted by atomic mass is 9.95. The lowest BCUT2D eigenvalue weighted by molar-refractivity contribution is -0.0230. The Kier molecular flexibility index (Phi) is 109. The average molecular weight is 615 g/mol. The quantitative estimate of drug-likeness (QED) is 0.310. The molecule has 0 aromatic carbocycles. The van der Waals surface area contributed by atoms with E-state index in [1.54, 1.807) is 33.7 Å². The fraction of sp³-hybridized carbons (Fsp3) is 0.944. The Labute approximate surface area is 273 Å². The highest BCUT2D eigenvalue weighted by Crippen LogP contribution is 2.49. The number of carbonyl (C=O) groups is 2. The molecule has 0 aliphatic carbocycles. The van der Waals surface area contributed by atoms with E-state index in [0.717, 1.165) is 0 Å². The minimum atomic E-state index is -0.632. The fourth-order valence-corrected chi connectivity index (χ4v) is 3.51. The second kappa shape index (κ2) is 63.0. The van der Waals surface area contributed by atoms with Gasteiger partial charge >= 0.3 is 12.1 Å². The first-order valence-corrected chi connectivity index (χ1v) is 18.4. The minimum Gasteiger partial charge on any atom is -0.300 e. The number of rotatable bonds is 2. The summed E-state index contributed by atoms with van der Waals surface area (Å²) in [5.41, 5.74) is -1.25. The maximum absolute atomic E-state index is 12.4. The molecule has 0 unspecified atom stereocenters. The molecule has 0 aromatic rings. The van der Waals surface area contributed by atoms with Crippen LogP contribution in [0.4, 0.5) is 9.59 Å². The van der Waals surface area contributed by atoms with Crippen LogP contribution in [0, 0.1) is 0 Å². The molecule has 6 heteroatoms. The van der Waals surface area contributed by atoms with E-state index in [9.17, 15) is 9.59 Å². The van der Waals surface area contributed by atoms with Gasteiger partial charge < -0.3 is 9.80 Å². The molecule has 0 radical (unpaired) electrons. The van der Waals surface area contributed by atoms with E-state index in [1.165, 1.54) is 0 Å². The summed E-state index contributed by atoms with van der Waals surface area (Å²) < 4.78 is 0. The molecule has 0 spiro atoms. The summed E-state index contributed by atoms with van der Waals surface area (Å²) in [4.78, 5) is 31.6. The summed E-state index contributed by atoms with van der Waals surface area (Å²) >= 11 is 0. The lowest BCUT2D eigenvalue weighted by Crippen LogP contribution is -2.63. The summed E-state index contributed by atoms with van der Waals surface area (Å²) in [6, 6.07) is -0.0550. The third-order valence-electron chi connectivity index (χ3n) is 4.92. The van der Waals surface area contributed by atoms with Gasteiger partial charge in [0.15, 0.2) is 11.3 Å². The molecular weight excluding hydrogens is 520 g/mol. The van der Waals surface area contributed by atoms with Crippen molar-refractivity contribution in [2.45, 2.75) is 205 Å². The van der Waals surface area contributed by atoms with E-state index in [4.69, 9.17) is 0 Å². The first kappa shape index (κ1) is 72.6. The van der Waals surface area contributed by atoms with Crippen molar-refractivity contribution in [1.82, 2.24) is 19.6 Å². The first-order valence-electron chi connectivity index (χ1n) is 18.4. The van der Waals surface area contributed by atoms with Crippen molar-refractivity contribution in [3.8, 4) is 0 Å². The highest BCUT2D eigenvalue weighted by Gasteiger charge is 2.71. The molecule has 2 fully saturated rings. The second-order valence-corrected chi connectivity index (χ2v) is 5.21. The molecule has 0 atom stereocenters. The van der Waals surface area contributed by atoms with E-state index in [0.29, 0.717) is 13.1 Å². The van der Waals surface area contributed by atoms with Gasteiger partial charge in [0.2, 0.25) is 0 Å². The molecule has 6 nitrogen and oxygen atoms in total. The van der Waals surface area contributed by atoms with Gasteiger partial charge in [-0.05, 0) is 27.7 Å². The van der Waals surface area contributed by atoms with E-state index >= 15 is 0 Å². The summed E-state index contributed by atoms with van der Waals surface area (Å²) in [7, 11) is 3.53. The van der Waals surface area contributed by atoms with Gasteiger partial charge in [0.25, 0.3) is 0 Å². The van der Waals surface area contributed by atoms with Crippen LogP contribution in [0.15, 0.2) is 0 Å². The molecule has 2 saturated heterocycles. The number of urea groups is 2. The van der Waals surface area contributed by atoms with Crippen molar-refractivity contribution < 1.29 is 9.59 Å². The van der Waals surface area contributed by atoms with Crippen molar-refractivity contribution in [3.63, 3.8) is 0 Å². The highest BCUT2D eigenvalue weighted by molar-refractivity contribution is 5.87. The van der Waals surface area contributed by atoms with Gasteiger partial charge in [-0.1, -0.05) is 166 Å². The Hall–Kier alpha value is -1.46. The van der Waals surface area contributed by atoms with Gasteiger partial charge in [-0.3, -0.25) is 9.80 Å². The molecule has 2 aliphatic rings. The molecule has 42 heavy (non-hydrogen) atoms. The van der Waals surface area contributed by atoms with Gasteiger partial charge in [-0.2, -0.15) is 0 Å². The smallest absolute Gasteiger partial charge is 0.300 e. The van der Waals surface area contributed by atoms with E-state index in [2.05, 4.69) is 0 Å². The predicted molar refractivity (Wildman–Crippen MR) is 204 cm³/mol. The number of likely N-dealkylation sites (N-methyl/N-ethyl adjacent to an activating group) is 4. The third kappa shape index (κ3) is 20.4. The average Bonchev–Trinajstić information content (AvgIpc) is 3.38. The number of carbonyl (C=O) groups excluding carboxylic acids is 2. The maximum atomic E-state index is 12.4. The number of hydrogen-bond acceptors (Lipinski definition) is 2. The van der Waals surface area contributed by atoms with Gasteiger partial charge in [-0.25, -0.2) is 9.59 Å². The Morgan fingerprint density at radius 3 is 0.643 bits per heavy atom. The lowest BCUT2D eigenvalue weighted by Gasteiger charge is -2.44. The summed E-state index contributed by atoms with van der Waals surface area (Å²) in [5.74, 6) is 0. The van der Waals surface area contributed by atoms with Crippen molar-refractivity contribution in [1.29, 1.82) is 0 Å². The van der Waals surface area contributed by atoms with Crippen molar-refractivity contribution >= 4 is 12.1 Å². The van der Waals surface area contributed by atoms with Crippen LogP contribution in [0.25, 0.3) is 0 Å². The van der Waals surface area contributed by atoms with E-state index in [1.807, 2.05) is 194 Å². The third-order valence-corrected chi connectivity index (χ3v) is 4.92. The summed E-state index contributed by atoms with van der Waals surface area (Å²) in [6.45, 7) is 57.0. The standard InChI is InChI=1S/C12H22N4O2.12C2H6/c1-7-15-9(17)13(5)11(3)12(15,4)16(8-2)10(18)14(11)6;12*1-2/h7-8H2,1-6H3;12*1-2H3. The van der Waals surface area contributed by atoms with Crippen LogP contribution in [0.2, 0.25) is 0 Å². The largest absolute Gasteiger partial charge is 0.323 e. The topological polar surface area (TPSA) is 47.1 Å². The molecule has 0 N–H and O–H groups in total. The summed E-state index contributed by atoms with van der Waals surface area (Å²) in [5, 5.41) is 0. The van der Waals surface area contributed by atoms with Crippen LogP contribution < -0.4 is 0 Å². The van der Waals surface area contributed by atoms with Crippen LogP contribution in [0.3, 0.4) is 0 Å². The highest BCUT2D eigenvalue weighted by atomic mass is 16.2. The zero-order valence-electron chi connectivity index (χ0n) is 36.0. The van der Waals surface area contributed by atoms with Crippen LogP contribution in [-0.4, -0.2) is 70.2 Å². The number of fused-ring (bicyclic) bond motifs is 1. The van der Waals surface area contributed by atoms with Gasteiger partial charge in [-0.15, -0.1) is 0 Å². The molecule has 270 valence electrons. The molecule has 0 bridgehead atoms. The van der Waals surface area contributed by atoms with Crippen LogP contribution in [0.1, 0.15) is 194 Å². The van der Waals surface area contributed by atoms with Crippen LogP contribution in [-0.2, 0) is 0 Å². The minimum absolute atomic E-state index is 0.0275. The van der Waals surface area contributed by atoms with Gasteiger partial charge in [0.1, 0.15) is 0 Å². The van der Waals surface area contributed by atoms with Crippen molar-refractivity contribution in [3.05, 3.63) is 0 Å². The number of nitrogens with zero attached hydrogens (tertiary/aromatic N) is 4. The second-order valence-electron chi connectivity index (χ2n) is 5.21. The number of hydrogen-bond donors (Lipinski definition) is 0. The predicted octanol–water partition coefficient (Wildman–Crippen LogP) is 13.5. The summed E-state index contributed by atoms with van der Waals surface area (Å²) in [6.07, 6.45) is 0.